The van der Waals surface area contributed by atoms with Crippen molar-refractivity contribution in [3.63, 3.8) is 0 Å². The summed E-state index contributed by atoms with van der Waals surface area (Å²) in [5.74, 6) is 0.612. The van der Waals surface area contributed by atoms with E-state index in [1.807, 2.05) is 43.3 Å². The summed E-state index contributed by atoms with van der Waals surface area (Å²) in [7, 11) is 0. The Morgan fingerprint density at radius 2 is 2.05 bits per heavy atom. The molecule has 0 atom stereocenters. The number of urea groups is 1. The summed E-state index contributed by atoms with van der Waals surface area (Å²) in [6.07, 6.45) is 1.60. The van der Waals surface area contributed by atoms with Gasteiger partial charge in [-0.1, -0.05) is 18.2 Å². The zero-order valence-electron chi connectivity index (χ0n) is 11.3. The maximum atomic E-state index is 12.0. The largest absolute Gasteiger partial charge is 0.325 e. The molecule has 2 N–H and O–H groups in total. The lowest BCUT2D eigenvalue weighted by Crippen LogP contribution is -2.20. The second kappa shape index (κ2) is 5.76. The average Bonchev–Trinajstić information content (AvgIpc) is 3.09. The molecule has 0 radical (unpaired) electrons. The molecule has 0 bridgehead atoms. The van der Waals surface area contributed by atoms with Crippen LogP contribution in [0.2, 0.25) is 0 Å². The number of para-hydroxylation sites is 1. The van der Waals surface area contributed by atoms with Gasteiger partial charge in [-0.2, -0.15) is 5.10 Å². The number of thiazole rings is 1. The number of nitrogens with zero attached hydrogens (tertiary/aromatic N) is 3. The molecule has 2 aromatic heterocycles. The number of rotatable bonds is 3. The molecule has 1 aromatic carbocycles. The van der Waals surface area contributed by atoms with E-state index in [-0.39, 0.29) is 6.03 Å². The minimum Gasteiger partial charge on any atom is -0.298 e. The highest BCUT2D eigenvalue weighted by atomic mass is 32.1. The summed E-state index contributed by atoms with van der Waals surface area (Å²) >= 11 is 1.36. The molecule has 3 rings (SSSR count). The third kappa shape index (κ3) is 3.09. The molecule has 0 aliphatic carbocycles. The van der Waals surface area contributed by atoms with Gasteiger partial charge < -0.3 is 0 Å². The van der Waals surface area contributed by atoms with Gasteiger partial charge >= 0.3 is 6.03 Å². The molecule has 6 nitrogen and oxygen atoms in total. The lowest BCUT2D eigenvalue weighted by Gasteiger charge is -2.08. The van der Waals surface area contributed by atoms with Gasteiger partial charge in [-0.15, -0.1) is 11.3 Å². The van der Waals surface area contributed by atoms with Gasteiger partial charge in [-0.25, -0.2) is 9.48 Å². The fourth-order valence-electron chi connectivity index (χ4n) is 1.89. The van der Waals surface area contributed by atoms with Crippen LogP contribution in [-0.2, 0) is 0 Å². The monoisotopic (exact) mass is 299 g/mol. The number of hydrogen-bond acceptors (Lipinski definition) is 4. The zero-order valence-corrected chi connectivity index (χ0v) is 12.1. The Kier molecular flexibility index (Phi) is 3.65. The van der Waals surface area contributed by atoms with Crippen molar-refractivity contribution in [1.82, 2.24) is 14.8 Å². The second-order valence-electron chi connectivity index (χ2n) is 4.36. The smallest absolute Gasteiger partial charge is 0.298 e. The third-order valence-corrected chi connectivity index (χ3v) is 3.43. The van der Waals surface area contributed by atoms with Crippen LogP contribution in [0.15, 0.2) is 48.1 Å². The van der Waals surface area contributed by atoms with E-state index in [2.05, 4.69) is 20.7 Å². The molecular weight excluding hydrogens is 286 g/mol. The van der Waals surface area contributed by atoms with Gasteiger partial charge in [-0.3, -0.25) is 15.6 Å². The van der Waals surface area contributed by atoms with E-state index < -0.39 is 0 Å². The molecule has 0 aliphatic heterocycles. The van der Waals surface area contributed by atoms with Crippen LogP contribution in [0, 0.1) is 6.92 Å². The SMILES string of the molecule is Cc1cc(NC(=O)Nc2cncs2)n(-c2ccccc2)n1. The van der Waals surface area contributed by atoms with Crippen molar-refractivity contribution in [1.29, 1.82) is 0 Å². The van der Waals surface area contributed by atoms with Crippen molar-refractivity contribution in [2.75, 3.05) is 10.6 Å². The summed E-state index contributed by atoms with van der Waals surface area (Å²) in [6, 6.07) is 11.1. The molecule has 0 aliphatic rings. The van der Waals surface area contributed by atoms with Crippen molar-refractivity contribution >= 4 is 28.2 Å². The number of aromatic nitrogens is 3. The topological polar surface area (TPSA) is 71.8 Å². The molecule has 2 heterocycles. The molecule has 0 unspecified atom stereocenters. The quantitative estimate of drug-likeness (QED) is 0.779. The van der Waals surface area contributed by atoms with Crippen LogP contribution >= 0.6 is 11.3 Å². The van der Waals surface area contributed by atoms with Crippen LogP contribution < -0.4 is 10.6 Å². The van der Waals surface area contributed by atoms with E-state index in [1.54, 1.807) is 16.4 Å². The molecule has 21 heavy (non-hydrogen) atoms. The number of carbonyl (C=O) groups excluding carboxylic acids is 1. The normalized spacial score (nSPS) is 10.3. The molecule has 2 amide bonds. The van der Waals surface area contributed by atoms with Crippen molar-refractivity contribution in [2.24, 2.45) is 0 Å². The first kappa shape index (κ1) is 13.3. The highest BCUT2D eigenvalue weighted by molar-refractivity contribution is 7.14. The first-order chi connectivity index (χ1) is 10.2. The molecule has 3 aromatic rings. The summed E-state index contributed by atoms with van der Waals surface area (Å²) < 4.78 is 1.70. The Morgan fingerprint density at radius 3 is 2.76 bits per heavy atom. The molecule has 106 valence electrons. The van der Waals surface area contributed by atoms with Crippen molar-refractivity contribution < 1.29 is 4.79 Å². The summed E-state index contributed by atoms with van der Waals surface area (Å²) in [5, 5.41) is 10.6. The molecule has 7 heteroatoms. The Hall–Kier alpha value is -2.67. The predicted molar refractivity (Wildman–Crippen MR) is 83.1 cm³/mol. The van der Waals surface area contributed by atoms with Gasteiger partial charge in [0.2, 0.25) is 0 Å². The Bertz CT molecular complexity index is 736. The minimum atomic E-state index is -0.323. The number of anilines is 2. The standard InChI is InChI=1S/C14H13N5OS/c1-10-7-12(16-14(20)17-13-8-15-9-21-13)19(18-10)11-5-3-2-4-6-11/h2-9H,1H3,(H2,16,17,20). The fourth-order valence-corrected chi connectivity index (χ4v) is 2.40. The number of nitrogens with one attached hydrogen (secondary N) is 2. The minimum absolute atomic E-state index is 0.323. The molecule has 0 saturated heterocycles. The number of carbonyl (C=O) groups is 1. The molecule has 0 saturated carbocycles. The zero-order chi connectivity index (χ0) is 14.7. The fraction of sp³-hybridized carbons (Fsp3) is 0.0714. The highest BCUT2D eigenvalue weighted by Gasteiger charge is 2.11. The first-order valence-electron chi connectivity index (χ1n) is 6.31. The lowest BCUT2D eigenvalue weighted by atomic mass is 10.3. The van der Waals surface area contributed by atoms with Gasteiger partial charge in [0.1, 0.15) is 10.8 Å². The Morgan fingerprint density at radius 1 is 1.24 bits per heavy atom. The van der Waals surface area contributed by atoms with Crippen molar-refractivity contribution in [2.45, 2.75) is 6.92 Å². The van der Waals surface area contributed by atoms with Crippen molar-refractivity contribution in [3.8, 4) is 5.69 Å². The van der Waals surface area contributed by atoms with Crippen LogP contribution in [0.25, 0.3) is 5.69 Å². The first-order valence-corrected chi connectivity index (χ1v) is 7.19. The second-order valence-corrected chi connectivity index (χ2v) is 5.25. The summed E-state index contributed by atoms with van der Waals surface area (Å²) in [6.45, 7) is 1.88. The number of benzene rings is 1. The van der Waals surface area contributed by atoms with E-state index >= 15 is 0 Å². The van der Waals surface area contributed by atoms with E-state index in [1.165, 1.54) is 11.3 Å². The molecule has 0 fully saturated rings. The summed E-state index contributed by atoms with van der Waals surface area (Å²) in [4.78, 5) is 15.9. The van der Waals surface area contributed by atoms with E-state index in [4.69, 9.17) is 0 Å². The van der Waals surface area contributed by atoms with E-state index in [0.29, 0.717) is 10.8 Å². The van der Waals surface area contributed by atoms with Crippen LogP contribution in [0.3, 0.4) is 0 Å². The number of aryl methyl sites for hydroxylation is 1. The van der Waals surface area contributed by atoms with Crippen molar-refractivity contribution in [3.05, 3.63) is 53.8 Å². The predicted octanol–water partition coefficient (Wildman–Crippen LogP) is 3.28. The van der Waals surface area contributed by atoms with Gasteiger partial charge in [-0.05, 0) is 19.1 Å². The summed E-state index contributed by atoms with van der Waals surface area (Å²) in [5.41, 5.74) is 3.37. The maximum Gasteiger partial charge on any atom is 0.325 e. The van der Waals surface area contributed by atoms with Crippen LogP contribution in [0.1, 0.15) is 5.69 Å². The van der Waals surface area contributed by atoms with Crippen LogP contribution in [-0.4, -0.2) is 20.8 Å². The molecular formula is C14H13N5OS. The van der Waals surface area contributed by atoms with Crippen LogP contribution in [0.4, 0.5) is 15.6 Å². The van der Waals surface area contributed by atoms with Gasteiger partial charge in [0.05, 0.1) is 23.1 Å². The highest BCUT2D eigenvalue weighted by Crippen LogP contribution is 2.18. The van der Waals surface area contributed by atoms with E-state index in [9.17, 15) is 4.79 Å². The Labute approximate surface area is 125 Å². The van der Waals surface area contributed by atoms with Gasteiger partial charge in [0.15, 0.2) is 0 Å². The number of amides is 2. The third-order valence-electron chi connectivity index (χ3n) is 2.74. The van der Waals surface area contributed by atoms with E-state index in [0.717, 1.165) is 11.4 Å². The maximum absolute atomic E-state index is 12.0. The Balaban J connectivity index is 1.81. The average molecular weight is 299 g/mol. The van der Waals surface area contributed by atoms with Crippen LogP contribution in [0.5, 0.6) is 0 Å². The number of hydrogen-bond donors (Lipinski definition) is 2. The van der Waals surface area contributed by atoms with Gasteiger partial charge in [0.25, 0.3) is 0 Å². The molecule has 0 spiro atoms. The van der Waals surface area contributed by atoms with Gasteiger partial charge in [0, 0.05) is 6.07 Å². The lowest BCUT2D eigenvalue weighted by molar-refractivity contribution is 0.262.